The number of ether oxygens (including phenoxy) is 1. The Morgan fingerprint density at radius 3 is 2.44 bits per heavy atom. The molecule has 0 fully saturated rings. The van der Waals surface area contributed by atoms with Crippen LogP contribution in [0.3, 0.4) is 0 Å². The zero-order chi connectivity index (χ0) is 13.5. The molecule has 0 spiro atoms. The summed E-state index contributed by atoms with van der Waals surface area (Å²) in [6, 6.07) is 1.40. The van der Waals surface area contributed by atoms with E-state index in [2.05, 4.69) is 0 Å². The van der Waals surface area contributed by atoms with Gasteiger partial charge in [-0.2, -0.15) is 0 Å². The fourth-order valence-corrected chi connectivity index (χ4v) is 1.91. The zero-order valence-electron chi connectivity index (χ0n) is 11.2. The Labute approximate surface area is 107 Å². The fourth-order valence-electron chi connectivity index (χ4n) is 1.91. The van der Waals surface area contributed by atoms with Gasteiger partial charge in [-0.25, -0.2) is 9.59 Å². The zero-order valence-corrected chi connectivity index (χ0v) is 11.2. The highest BCUT2D eigenvalue weighted by molar-refractivity contribution is 5.92. The van der Waals surface area contributed by atoms with Crippen molar-refractivity contribution in [3.05, 3.63) is 33.4 Å². The molecule has 4 heteroatoms. The topological polar surface area (TPSA) is 56.5 Å². The average molecular weight is 252 g/mol. The summed E-state index contributed by atoms with van der Waals surface area (Å²) >= 11 is 0. The number of carbonyl (C=O) groups is 1. The molecule has 0 aliphatic rings. The molecule has 1 aromatic rings. The van der Waals surface area contributed by atoms with Gasteiger partial charge in [0, 0.05) is 12.5 Å². The molecule has 0 amide bonds. The molecule has 1 aromatic heterocycles. The van der Waals surface area contributed by atoms with Crippen LogP contribution in [0, 0.1) is 0 Å². The first-order chi connectivity index (χ1) is 8.63. The Balaban J connectivity index is 3.30. The van der Waals surface area contributed by atoms with E-state index in [0.717, 1.165) is 18.4 Å². The third kappa shape index (κ3) is 3.45. The third-order valence-corrected chi connectivity index (χ3v) is 2.59. The lowest BCUT2D eigenvalue weighted by atomic mass is 10.0. The van der Waals surface area contributed by atoms with Crippen molar-refractivity contribution >= 4 is 5.97 Å². The second kappa shape index (κ2) is 6.99. The van der Waals surface area contributed by atoms with Gasteiger partial charge in [-0.1, -0.05) is 20.3 Å². The quantitative estimate of drug-likeness (QED) is 0.730. The van der Waals surface area contributed by atoms with Gasteiger partial charge in [0.15, 0.2) is 0 Å². The molecular formula is C14H20O4. The lowest BCUT2D eigenvalue weighted by molar-refractivity contribution is 0.0519. The number of hydrogen-bond acceptors (Lipinski definition) is 4. The molecule has 0 unspecified atom stereocenters. The molecule has 0 radical (unpaired) electrons. The first kappa shape index (κ1) is 14.5. The van der Waals surface area contributed by atoms with E-state index in [1.165, 1.54) is 6.07 Å². The minimum Gasteiger partial charge on any atom is -0.462 e. The van der Waals surface area contributed by atoms with Crippen molar-refractivity contribution < 1.29 is 13.9 Å². The summed E-state index contributed by atoms with van der Waals surface area (Å²) in [5.41, 5.74) is 0.783. The predicted molar refractivity (Wildman–Crippen MR) is 68.9 cm³/mol. The molecule has 0 aromatic carbocycles. The number of rotatable bonds is 6. The van der Waals surface area contributed by atoms with Gasteiger partial charge < -0.3 is 9.15 Å². The van der Waals surface area contributed by atoms with E-state index in [1.807, 2.05) is 13.8 Å². The van der Waals surface area contributed by atoms with Gasteiger partial charge in [-0.15, -0.1) is 0 Å². The summed E-state index contributed by atoms with van der Waals surface area (Å²) in [7, 11) is 0. The first-order valence-electron chi connectivity index (χ1n) is 6.47. The van der Waals surface area contributed by atoms with Crippen LogP contribution in [0.15, 0.2) is 15.3 Å². The minimum absolute atomic E-state index is 0.315. The standard InChI is InChI=1S/C14H20O4/c1-4-7-10-9-12(15)18-11(8-5-2)13(10)14(16)17-6-3/h9H,4-8H2,1-3H3. The summed E-state index contributed by atoms with van der Waals surface area (Å²) in [6.07, 6.45) is 2.92. The van der Waals surface area contributed by atoms with E-state index >= 15 is 0 Å². The summed E-state index contributed by atoms with van der Waals surface area (Å²) in [5, 5.41) is 0. The van der Waals surface area contributed by atoms with Crippen molar-refractivity contribution in [3.8, 4) is 0 Å². The Kier molecular flexibility index (Phi) is 5.62. The highest BCUT2D eigenvalue weighted by Gasteiger charge is 2.20. The van der Waals surface area contributed by atoms with Crippen molar-refractivity contribution in [2.45, 2.75) is 46.5 Å². The Bertz CT molecular complexity index is 429. The normalized spacial score (nSPS) is 10.4. The largest absolute Gasteiger partial charge is 0.462 e. The van der Waals surface area contributed by atoms with E-state index in [9.17, 15) is 9.59 Å². The van der Waals surface area contributed by atoms with Gasteiger partial charge >= 0.3 is 11.6 Å². The Morgan fingerprint density at radius 1 is 1.22 bits per heavy atom. The van der Waals surface area contributed by atoms with Gasteiger partial charge in [0.05, 0.1) is 6.61 Å². The summed E-state index contributed by atoms with van der Waals surface area (Å²) < 4.78 is 10.2. The van der Waals surface area contributed by atoms with Crippen LogP contribution in [-0.2, 0) is 17.6 Å². The highest BCUT2D eigenvalue weighted by atomic mass is 16.5. The summed E-state index contributed by atoms with van der Waals surface area (Å²) in [5.74, 6) is 0.0556. The summed E-state index contributed by atoms with van der Waals surface area (Å²) in [4.78, 5) is 23.4. The lowest BCUT2D eigenvalue weighted by Crippen LogP contribution is -2.16. The van der Waals surface area contributed by atoms with Crippen LogP contribution in [0.2, 0.25) is 0 Å². The molecule has 0 saturated carbocycles. The van der Waals surface area contributed by atoms with Crippen LogP contribution in [0.4, 0.5) is 0 Å². The number of hydrogen-bond donors (Lipinski definition) is 0. The molecule has 0 N–H and O–H groups in total. The second-order valence-corrected chi connectivity index (χ2v) is 4.11. The SMILES string of the molecule is CCCc1cc(=O)oc(CCC)c1C(=O)OCC. The highest BCUT2D eigenvalue weighted by Crippen LogP contribution is 2.17. The maximum atomic E-state index is 12.0. The van der Waals surface area contributed by atoms with Crippen LogP contribution in [0.1, 0.15) is 55.3 Å². The average Bonchev–Trinajstić information content (AvgIpc) is 2.29. The maximum Gasteiger partial charge on any atom is 0.341 e. The van der Waals surface area contributed by atoms with Gasteiger partial charge in [0.1, 0.15) is 11.3 Å². The van der Waals surface area contributed by atoms with Crippen LogP contribution >= 0.6 is 0 Å². The number of carbonyl (C=O) groups excluding carboxylic acids is 1. The predicted octanol–water partition coefficient (Wildman–Crippen LogP) is 2.72. The molecule has 1 heterocycles. The molecule has 0 atom stereocenters. The van der Waals surface area contributed by atoms with Crippen LogP contribution in [0.5, 0.6) is 0 Å². The second-order valence-electron chi connectivity index (χ2n) is 4.11. The maximum absolute atomic E-state index is 12.0. The first-order valence-corrected chi connectivity index (χ1v) is 6.47. The number of aryl methyl sites for hydroxylation is 2. The van der Waals surface area contributed by atoms with E-state index in [1.54, 1.807) is 6.92 Å². The van der Waals surface area contributed by atoms with E-state index in [4.69, 9.17) is 9.15 Å². The van der Waals surface area contributed by atoms with E-state index < -0.39 is 11.6 Å². The Morgan fingerprint density at radius 2 is 1.89 bits per heavy atom. The van der Waals surface area contributed by atoms with Gasteiger partial charge in [0.25, 0.3) is 0 Å². The van der Waals surface area contributed by atoms with Gasteiger partial charge in [0.2, 0.25) is 0 Å². The molecule has 0 aliphatic carbocycles. The van der Waals surface area contributed by atoms with Crippen molar-refractivity contribution in [2.24, 2.45) is 0 Å². The van der Waals surface area contributed by atoms with E-state index in [-0.39, 0.29) is 0 Å². The van der Waals surface area contributed by atoms with Crippen molar-refractivity contribution in [1.82, 2.24) is 0 Å². The Hall–Kier alpha value is -1.58. The van der Waals surface area contributed by atoms with Crippen molar-refractivity contribution in [2.75, 3.05) is 6.61 Å². The molecule has 0 bridgehead atoms. The molecule has 0 aliphatic heterocycles. The lowest BCUT2D eigenvalue weighted by Gasteiger charge is -2.11. The molecule has 18 heavy (non-hydrogen) atoms. The number of esters is 1. The van der Waals surface area contributed by atoms with Crippen molar-refractivity contribution in [1.29, 1.82) is 0 Å². The van der Waals surface area contributed by atoms with Gasteiger partial charge in [-0.05, 0) is 25.3 Å². The van der Waals surface area contributed by atoms with Crippen LogP contribution in [-0.4, -0.2) is 12.6 Å². The molecular weight excluding hydrogens is 232 g/mol. The van der Waals surface area contributed by atoms with E-state index in [0.29, 0.717) is 30.8 Å². The fraction of sp³-hybridized carbons (Fsp3) is 0.571. The van der Waals surface area contributed by atoms with Crippen LogP contribution in [0.25, 0.3) is 0 Å². The smallest absolute Gasteiger partial charge is 0.341 e. The molecule has 0 saturated heterocycles. The monoisotopic (exact) mass is 252 g/mol. The van der Waals surface area contributed by atoms with Crippen LogP contribution < -0.4 is 5.63 Å². The van der Waals surface area contributed by atoms with Gasteiger partial charge in [-0.3, -0.25) is 0 Å². The molecule has 1 rings (SSSR count). The van der Waals surface area contributed by atoms with Crippen molar-refractivity contribution in [3.63, 3.8) is 0 Å². The molecule has 100 valence electrons. The third-order valence-electron chi connectivity index (χ3n) is 2.59. The molecule has 4 nitrogen and oxygen atoms in total. The summed E-state index contributed by atoms with van der Waals surface area (Å²) in [6.45, 7) is 6.05. The minimum atomic E-state index is -0.395.